The van der Waals surface area contributed by atoms with Gasteiger partial charge in [0.25, 0.3) is 5.69 Å². The van der Waals surface area contributed by atoms with Crippen LogP contribution in [0.4, 0.5) is 5.69 Å². The summed E-state index contributed by atoms with van der Waals surface area (Å²) in [5.41, 5.74) is 1.52. The number of benzene rings is 2. The highest BCUT2D eigenvalue weighted by Crippen LogP contribution is 2.41. The molecule has 2 aromatic carbocycles. The predicted octanol–water partition coefficient (Wildman–Crippen LogP) is 3.28. The molecule has 0 heterocycles. The second kappa shape index (κ2) is 5.39. The van der Waals surface area contributed by atoms with Gasteiger partial charge in [0.05, 0.1) is 36.8 Å². The summed E-state index contributed by atoms with van der Waals surface area (Å²) < 4.78 is 10.5. The standard InChI is InChI=1S/C14H13NO4/c1-18-12-8-11(15(16)17)9-13(19-2)14(12)10-6-4-3-5-7-10/h3-9H,1-2H3. The lowest BCUT2D eigenvalue weighted by molar-refractivity contribution is -0.385. The van der Waals surface area contributed by atoms with Crippen molar-refractivity contribution >= 4 is 5.69 Å². The number of nitrogens with zero attached hydrogens (tertiary/aromatic N) is 1. The Morgan fingerprint density at radius 2 is 1.53 bits per heavy atom. The average Bonchev–Trinajstić information content (AvgIpc) is 2.46. The fourth-order valence-electron chi connectivity index (χ4n) is 1.89. The summed E-state index contributed by atoms with van der Waals surface area (Å²) in [5, 5.41) is 10.9. The van der Waals surface area contributed by atoms with Gasteiger partial charge in [0.2, 0.25) is 0 Å². The van der Waals surface area contributed by atoms with Crippen molar-refractivity contribution in [2.45, 2.75) is 0 Å². The highest BCUT2D eigenvalue weighted by Gasteiger charge is 2.19. The fourth-order valence-corrected chi connectivity index (χ4v) is 1.89. The van der Waals surface area contributed by atoms with Crippen molar-refractivity contribution in [1.82, 2.24) is 0 Å². The van der Waals surface area contributed by atoms with Crippen LogP contribution in [0.15, 0.2) is 42.5 Å². The highest BCUT2D eigenvalue weighted by atomic mass is 16.6. The minimum atomic E-state index is -0.472. The van der Waals surface area contributed by atoms with Gasteiger partial charge in [0, 0.05) is 0 Å². The molecule has 0 amide bonds. The average molecular weight is 259 g/mol. The SMILES string of the molecule is COc1cc([N+](=O)[O-])cc(OC)c1-c1ccccc1. The molecule has 0 aliphatic heterocycles. The molecule has 0 aliphatic carbocycles. The number of rotatable bonds is 4. The molecule has 0 spiro atoms. The van der Waals surface area contributed by atoms with Crippen molar-refractivity contribution in [3.05, 3.63) is 52.6 Å². The van der Waals surface area contributed by atoms with E-state index in [-0.39, 0.29) is 5.69 Å². The zero-order chi connectivity index (χ0) is 13.8. The van der Waals surface area contributed by atoms with Gasteiger partial charge in [-0.15, -0.1) is 0 Å². The van der Waals surface area contributed by atoms with Crippen molar-refractivity contribution in [3.63, 3.8) is 0 Å². The molecular weight excluding hydrogens is 246 g/mol. The van der Waals surface area contributed by atoms with Gasteiger partial charge < -0.3 is 9.47 Å². The van der Waals surface area contributed by atoms with Crippen LogP contribution in [-0.2, 0) is 0 Å². The molecule has 0 saturated carbocycles. The Morgan fingerprint density at radius 3 is 1.95 bits per heavy atom. The predicted molar refractivity (Wildman–Crippen MR) is 71.6 cm³/mol. The first-order chi connectivity index (χ1) is 9.17. The van der Waals surface area contributed by atoms with E-state index < -0.39 is 4.92 Å². The lowest BCUT2D eigenvalue weighted by atomic mass is 10.0. The first-order valence-electron chi connectivity index (χ1n) is 5.63. The Labute approximate surface area is 110 Å². The van der Waals surface area contributed by atoms with Crippen LogP contribution in [-0.4, -0.2) is 19.1 Å². The highest BCUT2D eigenvalue weighted by molar-refractivity contribution is 5.78. The molecule has 0 atom stereocenters. The van der Waals surface area contributed by atoms with E-state index in [1.54, 1.807) is 0 Å². The summed E-state index contributed by atoms with van der Waals surface area (Å²) in [7, 11) is 2.95. The van der Waals surface area contributed by atoms with E-state index >= 15 is 0 Å². The number of ether oxygens (including phenoxy) is 2. The molecule has 0 fully saturated rings. The molecule has 0 aliphatic rings. The molecule has 0 saturated heterocycles. The van der Waals surface area contributed by atoms with Gasteiger partial charge in [0.15, 0.2) is 0 Å². The van der Waals surface area contributed by atoms with E-state index in [2.05, 4.69) is 0 Å². The van der Waals surface area contributed by atoms with E-state index in [1.807, 2.05) is 30.3 Å². The quantitative estimate of drug-likeness (QED) is 0.624. The Kier molecular flexibility index (Phi) is 3.66. The summed E-state index contributed by atoms with van der Waals surface area (Å²) in [6.45, 7) is 0. The van der Waals surface area contributed by atoms with Crippen LogP contribution in [0.1, 0.15) is 0 Å². The molecule has 2 aromatic rings. The Hall–Kier alpha value is -2.56. The minimum Gasteiger partial charge on any atom is -0.496 e. The van der Waals surface area contributed by atoms with Crippen LogP contribution in [0.5, 0.6) is 11.5 Å². The molecule has 5 nitrogen and oxygen atoms in total. The van der Waals surface area contributed by atoms with Gasteiger partial charge >= 0.3 is 0 Å². The maximum absolute atomic E-state index is 10.9. The summed E-state index contributed by atoms with van der Waals surface area (Å²) in [5.74, 6) is 0.828. The van der Waals surface area contributed by atoms with Crippen LogP contribution in [0.3, 0.4) is 0 Å². The molecule has 0 bridgehead atoms. The third-order valence-corrected chi connectivity index (χ3v) is 2.76. The molecule has 2 rings (SSSR count). The van der Waals surface area contributed by atoms with Crippen LogP contribution in [0.25, 0.3) is 11.1 Å². The number of nitro groups is 1. The van der Waals surface area contributed by atoms with Crippen molar-refractivity contribution < 1.29 is 14.4 Å². The molecule has 0 N–H and O–H groups in total. The number of hydrogen-bond donors (Lipinski definition) is 0. The van der Waals surface area contributed by atoms with Crippen LogP contribution in [0.2, 0.25) is 0 Å². The van der Waals surface area contributed by atoms with Crippen molar-refractivity contribution in [2.24, 2.45) is 0 Å². The Balaban J connectivity index is 2.68. The zero-order valence-corrected chi connectivity index (χ0v) is 10.6. The fraction of sp³-hybridized carbons (Fsp3) is 0.143. The monoisotopic (exact) mass is 259 g/mol. The number of non-ortho nitro benzene ring substituents is 1. The normalized spacial score (nSPS) is 10.0. The second-order valence-corrected chi connectivity index (χ2v) is 3.85. The van der Waals surface area contributed by atoms with E-state index in [0.717, 1.165) is 5.56 Å². The molecule has 0 aromatic heterocycles. The van der Waals surface area contributed by atoms with Crippen LogP contribution < -0.4 is 9.47 Å². The van der Waals surface area contributed by atoms with Crippen LogP contribution >= 0.6 is 0 Å². The van der Waals surface area contributed by atoms with E-state index in [0.29, 0.717) is 17.1 Å². The second-order valence-electron chi connectivity index (χ2n) is 3.85. The Bertz CT molecular complexity index is 571. The Morgan fingerprint density at radius 1 is 1.00 bits per heavy atom. The van der Waals surface area contributed by atoms with E-state index in [1.165, 1.54) is 26.4 Å². The molecule has 0 unspecified atom stereocenters. The third kappa shape index (κ3) is 2.49. The smallest absolute Gasteiger partial charge is 0.276 e. The minimum absolute atomic E-state index is 0.0617. The zero-order valence-electron chi connectivity index (χ0n) is 10.6. The van der Waals surface area contributed by atoms with Gasteiger partial charge in [-0.3, -0.25) is 10.1 Å². The summed E-state index contributed by atoms with van der Waals surface area (Å²) >= 11 is 0. The maximum atomic E-state index is 10.9. The number of methoxy groups -OCH3 is 2. The topological polar surface area (TPSA) is 61.6 Å². The largest absolute Gasteiger partial charge is 0.496 e. The molecule has 19 heavy (non-hydrogen) atoms. The van der Waals surface area contributed by atoms with Gasteiger partial charge in [-0.2, -0.15) is 0 Å². The molecule has 98 valence electrons. The van der Waals surface area contributed by atoms with Gasteiger partial charge in [0.1, 0.15) is 11.5 Å². The number of hydrogen-bond acceptors (Lipinski definition) is 4. The van der Waals surface area contributed by atoms with Crippen LogP contribution in [0, 0.1) is 10.1 Å². The van der Waals surface area contributed by atoms with Gasteiger partial charge in [-0.1, -0.05) is 30.3 Å². The van der Waals surface area contributed by atoms with Gasteiger partial charge in [-0.05, 0) is 5.56 Å². The summed E-state index contributed by atoms with van der Waals surface area (Å²) in [6, 6.07) is 12.2. The first kappa shape index (κ1) is 12.9. The van der Waals surface area contributed by atoms with E-state index in [9.17, 15) is 10.1 Å². The van der Waals surface area contributed by atoms with Gasteiger partial charge in [-0.25, -0.2) is 0 Å². The van der Waals surface area contributed by atoms with Crippen molar-refractivity contribution in [3.8, 4) is 22.6 Å². The lowest BCUT2D eigenvalue weighted by Gasteiger charge is -2.13. The molecule has 0 radical (unpaired) electrons. The number of nitro benzene ring substituents is 1. The maximum Gasteiger partial charge on any atom is 0.276 e. The van der Waals surface area contributed by atoms with E-state index in [4.69, 9.17) is 9.47 Å². The summed E-state index contributed by atoms with van der Waals surface area (Å²) in [6.07, 6.45) is 0. The molecular formula is C14H13NO4. The van der Waals surface area contributed by atoms with Crippen molar-refractivity contribution in [2.75, 3.05) is 14.2 Å². The first-order valence-corrected chi connectivity index (χ1v) is 5.63. The molecule has 5 heteroatoms. The third-order valence-electron chi connectivity index (χ3n) is 2.76. The summed E-state index contributed by atoms with van der Waals surface area (Å²) in [4.78, 5) is 10.4. The lowest BCUT2D eigenvalue weighted by Crippen LogP contribution is -1.96. The van der Waals surface area contributed by atoms with Crippen molar-refractivity contribution in [1.29, 1.82) is 0 Å².